The molecule has 0 aromatic heterocycles. The first-order valence-electron chi connectivity index (χ1n) is 6.93. The first-order valence-corrected chi connectivity index (χ1v) is 6.93. The van der Waals surface area contributed by atoms with Crippen LogP contribution in [0.1, 0.15) is 18.4 Å². The highest BCUT2D eigenvalue weighted by Crippen LogP contribution is 2.28. The summed E-state index contributed by atoms with van der Waals surface area (Å²) in [6, 6.07) is 6.55. The standard InChI is InChI=1S/C15H24N2O2/c1-18-14-6-5-12(10-15(14)19-2)9-13(11-16)17-7-3-4-8-17/h5-6,10,13H,3-4,7-9,11,16H2,1-2H3. The maximum absolute atomic E-state index is 5.93. The molecule has 0 aliphatic carbocycles. The molecule has 1 aromatic carbocycles. The zero-order valence-electron chi connectivity index (χ0n) is 11.9. The van der Waals surface area contributed by atoms with E-state index in [1.54, 1.807) is 14.2 Å². The lowest BCUT2D eigenvalue weighted by molar-refractivity contribution is 0.246. The van der Waals surface area contributed by atoms with Crippen LogP contribution in [0.5, 0.6) is 11.5 Å². The largest absolute Gasteiger partial charge is 0.493 e. The van der Waals surface area contributed by atoms with Crippen molar-refractivity contribution in [1.82, 2.24) is 4.90 Å². The highest BCUT2D eigenvalue weighted by molar-refractivity contribution is 5.43. The molecule has 0 radical (unpaired) electrons. The molecule has 1 heterocycles. The third kappa shape index (κ3) is 3.39. The monoisotopic (exact) mass is 264 g/mol. The Bertz CT molecular complexity index is 403. The molecule has 0 spiro atoms. The number of hydrogen-bond acceptors (Lipinski definition) is 4. The zero-order valence-corrected chi connectivity index (χ0v) is 11.9. The third-order valence-corrected chi connectivity index (χ3v) is 3.85. The first kappa shape index (κ1) is 14.2. The number of methoxy groups -OCH3 is 2. The molecule has 1 unspecified atom stereocenters. The fourth-order valence-electron chi connectivity index (χ4n) is 2.75. The van der Waals surface area contributed by atoms with E-state index in [0.717, 1.165) is 17.9 Å². The highest BCUT2D eigenvalue weighted by atomic mass is 16.5. The van der Waals surface area contributed by atoms with Crippen LogP contribution in [0.2, 0.25) is 0 Å². The molecule has 4 heteroatoms. The van der Waals surface area contributed by atoms with Crippen molar-refractivity contribution in [3.05, 3.63) is 23.8 Å². The van der Waals surface area contributed by atoms with E-state index in [1.807, 2.05) is 6.07 Å². The van der Waals surface area contributed by atoms with Crippen LogP contribution in [0, 0.1) is 0 Å². The second kappa shape index (κ2) is 6.78. The van der Waals surface area contributed by atoms with Crippen LogP contribution in [0.4, 0.5) is 0 Å². The van der Waals surface area contributed by atoms with E-state index in [-0.39, 0.29) is 0 Å². The van der Waals surface area contributed by atoms with Crippen molar-refractivity contribution >= 4 is 0 Å². The van der Waals surface area contributed by atoms with Gasteiger partial charge in [-0.05, 0) is 50.0 Å². The molecule has 1 aliphatic heterocycles. The highest BCUT2D eigenvalue weighted by Gasteiger charge is 2.21. The summed E-state index contributed by atoms with van der Waals surface area (Å²) in [5.41, 5.74) is 7.18. The number of ether oxygens (including phenoxy) is 2. The van der Waals surface area contributed by atoms with Crippen LogP contribution in [-0.4, -0.2) is 44.8 Å². The van der Waals surface area contributed by atoms with E-state index in [2.05, 4.69) is 17.0 Å². The smallest absolute Gasteiger partial charge is 0.160 e. The van der Waals surface area contributed by atoms with Gasteiger partial charge in [-0.1, -0.05) is 6.07 Å². The normalized spacial score (nSPS) is 17.4. The summed E-state index contributed by atoms with van der Waals surface area (Å²) in [5, 5.41) is 0. The Balaban J connectivity index is 2.08. The summed E-state index contributed by atoms with van der Waals surface area (Å²) in [4.78, 5) is 2.50. The molecule has 0 amide bonds. The van der Waals surface area contributed by atoms with Crippen LogP contribution in [0.15, 0.2) is 18.2 Å². The Morgan fingerprint density at radius 3 is 2.42 bits per heavy atom. The predicted octanol–water partition coefficient (Wildman–Crippen LogP) is 1.67. The van der Waals surface area contributed by atoms with Gasteiger partial charge in [-0.2, -0.15) is 0 Å². The van der Waals surface area contributed by atoms with Crippen molar-refractivity contribution in [2.75, 3.05) is 33.9 Å². The SMILES string of the molecule is COc1ccc(CC(CN)N2CCCC2)cc1OC. The van der Waals surface area contributed by atoms with Crippen LogP contribution >= 0.6 is 0 Å². The molecule has 4 nitrogen and oxygen atoms in total. The van der Waals surface area contributed by atoms with Gasteiger partial charge < -0.3 is 15.2 Å². The van der Waals surface area contributed by atoms with Gasteiger partial charge in [-0.15, -0.1) is 0 Å². The average Bonchev–Trinajstić information content (AvgIpc) is 2.98. The fourth-order valence-corrected chi connectivity index (χ4v) is 2.75. The molecule has 1 aromatic rings. The summed E-state index contributed by atoms with van der Waals surface area (Å²) in [6.45, 7) is 3.05. The molecule has 2 rings (SSSR count). The summed E-state index contributed by atoms with van der Waals surface area (Å²) >= 11 is 0. The molecule has 0 saturated carbocycles. The molecule has 2 N–H and O–H groups in total. The number of benzene rings is 1. The Morgan fingerprint density at radius 2 is 1.84 bits per heavy atom. The minimum absolute atomic E-state index is 0.431. The van der Waals surface area contributed by atoms with E-state index in [4.69, 9.17) is 15.2 Å². The van der Waals surface area contributed by atoms with Gasteiger partial charge >= 0.3 is 0 Å². The summed E-state index contributed by atoms with van der Waals surface area (Å²) in [7, 11) is 3.33. The van der Waals surface area contributed by atoms with Gasteiger partial charge in [0.05, 0.1) is 14.2 Å². The van der Waals surface area contributed by atoms with Gasteiger partial charge in [-0.25, -0.2) is 0 Å². The van der Waals surface area contributed by atoms with E-state index < -0.39 is 0 Å². The lowest BCUT2D eigenvalue weighted by atomic mass is 10.0. The molecule has 1 atom stereocenters. The van der Waals surface area contributed by atoms with Crippen LogP contribution in [-0.2, 0) is 6.42 Å². The van der Waals surface area contributed by atoms with E-state index in [0.29, 0.717) is 12.6 Å². The predicted molar refractivity (Wildman–Crippen MR) is 76.9 cm³/mol. The van der Waals surface area contributed by atoms with Crippen molar-refractivity contribution < 1.29 is 9.47 Å². The first-order chi connectivity index (χ1) is 9.28. The zero-order chi connectivity index (χ0) is 13.7. The van der Waals surface area contributed by atoms with Crippen molar-refractivity contribution in [2.45, 2.75) is 25.3 Å². The van der Waals surface area contributed by atoms with Crippen molar-refractivity contribution in [3.63, 3.8) is 0 Å². The topological polar surface area (TPSA) is 47.7 Å². The Kier molecular flexibility index (Phi) is 5.05. The van der Waals surface area contributed by atoms with Gasteiger partial charge in [0, 0.05) is 12.6 Å². The Labute approximate surface area is 115 Å². The van der Waals surface area contributed by atoms with Gasteiger partial charge in [0.25, 0.3) is 0 Å². The van der Waals surface area contributed by atoms with E-state index in [1.165, 1.54) is 31.5 Å². The van der Waals surface area contributed by atoms with Crippen LogP contribution < -0.4 is 15.2 Å². The Hall–Kier alpha value is -1.26. The second-order valence-corrected chi connectivity index (χ2v) is 5.03. The molecule has 106 valence electrons. The fraction of sp³-hybridized carbons (Fsp3) is 0.600. The number of rotatable bonds is 6. The summed E-state index contributed by atoms with van der Waals surface area (Å²) in [6.07, 6.45) is 3.56. The van der Waals surface area contributed by atoms with Crippen molar-refractivity contribution in [1.29, 1.82) is 0 Å². The minimum Gasteiger partial charge on any atom is -0.493 e. The van der Waals surface area contributed by atoms with E-state index >= 15 is 0 Å². The molecular formula is C15H24N2O2. The van der Waals surface area contributed by atoms with Gasteiger partial charge in [-0.3, -0.25) is 4.90 Å². The molecule has 1 saturated heterocycles. The number of hydrogen-bond donors (Lipinski definition) is 1. The van der Waals surface area contributed by atoms with Crippen molar-refractivity contribution in [2.24, 2.45) is 5.73 Å². The van der Waals surface area contributed by atoms with Gasteiger partial charge in [0.1, 0.15) is 0 Å². The molecule has 0 bridgehead atoms. The third-order valence-electron chi connectivity index (χ3n) is 3.85. The van der Waals surface area contributed by atoms with Crippen molar-refractivity contribution in [3.8, 4) is 11.5 Å². The van der Waals surface area contributed by atoms with Gasteiger partial charge in [0.2, 0.25) is 0 Å². The minimum atomic E-state index is 0.431. The molecule has 19 heavy (non-hydrogen) atoms. The Morgan fingerprint density at radius 1 is 1.16 bits per heavy atom. The number of likely N-dealkylation sites (tertiary alicyclic amines) is 1. The average molecular weight is 264 g/mol. The van der Waals surface area contributed by atoms with E-state index in [9.17, 15) is 0 Å². The molecule has 1 aliphatic rings. The van der Waals surface area contributed by atoms with Crippen LogP contribution in [0.25, 0.3) is 0 Å². The molecular weight excluding hydrogens is 240 g/mol. The summed E-state index contributed by atoms with van der Waals surface area (Å²) in [5.74, 6) is 1.56. The maximum atomic E-state index is 5.93. The number of nitrogens with zero attached hydrogens (tertiary/aromatic N) is 1. The molecule has 1 fully saturated rings. The lowest BCUT2D eigenvalue weighted by Crippen LogP contribution is -2.40. The quantitative estimate of drug-likeness (QED) is 0.849. The maximum Gasteiger partial charge on any atom is 0.160 e. The van der Waals surface area contributed by atoms with Gasteiger partial charge in [0.15, 0.2) is 11.5 Å². The number of nitrogens with two attached hydrogens (primary N) is 1. The second-order valence-electron chi connectivity index (χ2n) is 5.03. The summed E-state index contributed by atoms with van der Waals surface area (Å²) < 4.78 is 10.6. The lowest BCUT2D eigenvalue weighted by Gasteiger charge is -2.26. The van der Waals surface area contributed by atoms with Crippen LogP contribution in [0.3, 0.4) is 0 Å².